The molecule has 100 valence electrons. The topological polar surface area (TPSA) is 84.0 Å². The lowest BCUT2D eigenvalue weighted by Crippen LogP contribution is -2.41. The Kier molecular flexibility index (Phi) is 3.90. The molecule has 1 saturated heterocycles. The van der Waals surface area contributed by atoms with E-state index in [-0.39, 0.29) is 18.1 Å². The number of likely N-dealkylation sites (tertiary alicyclic amines) is 1. The van der Waals surface area contributed by atoms with Crippen LogP contribution in [0.5, 0.6) is 0 Å². The zero-order valence-electron chi connectivity index (χ0n) is 11.0. The average molecular weight is 253 g/mol. The summed E-state index contributed by atoms with van der Waals surface area (Å²) in [5.41, 5.74) is 0. The highest BCUT2D eigenvalue weighted by atomic mass is 16.5. The van der Waals surface area contributed by atoms with Gasteiger partial charge in [0.15, 0.2) is 5.82 Å². The number of rotatable bonds is 4. The molecule has 18 heavy (non-hydrogen) atoms. The molecule has 0 spiro atoms. The van der Waals surface area contributed by atoms with E-state index < -0.39 is 0 Å². The van der Waals surface area contributed by atoms with Gasteiger partial charge in [-0.25, -0.2) is 0 Å². The van der Waals surface area contributed by atoms with Gasteiger partial charge in [0.05, 0.1) is 13.2 Å². The maximum Gasteiger partial charge on any atom is 0.323 e. The molecule has 1 aromatic rings. The summed E-state index contributed by atoms with van der Waals surface area (Å²) in [5, 5.41) is 14.2. The molecule has 7 nitrogen and oxygen atoms in total. The maximum absolute atomic E-state index is 11.8. The van der Waals surface area contributed by atoms with Crippen molar-refractivity contribution < 1.29 is 9.53 Å². The van der Waals surface area contributed by atoms with E-state index in [2.05, 4.69) is 39.4 Å². The van der Waals surface area contributed by atoms with E-state index in [1.165, 1.54) is 7.11 Å². The van der Waals surface area contributed by atoms with Crippen molar-refractivity contribution in [2.24, 2.45) is 5.92 Å². The van der Waals surface area contributed by atoms with E-state index in [9.17, 15) is 4.79 Å². The number of esters is 1. The largest absolute Gasteiger partial charge is 0.468 e. The third-order valence-corrected chi connectivity index (χ3v) is 3.38. The smallest absolute Gasteiger partial charge is 0.323 e. The Bertz CT molecular complexity index is 392. The highest BCUT2D eigenvalue weighted by Gasteiger charge is 2.39. The van der Waals surface area contributed by atoms with Crippen molar-refractivity contribution in [3.8, 4) is 0 Å². The molecular weight excluding hydrogens is 234 g/mol. The summed E-state index contributed by atoms with van der Waals surface area (Å²) >= 11 is 0. The van der Waals surface area contributed by atoms with Gasteiger partial charge in [-0.15, -0.1) is 10.2 Å². The minimum absolute atomic E-state index is 0.00431. The number of aromatic nitrogens is 4. The fourth-order valence-electron chi connectivity index (χ4n) is 2.64. The zero-order chi connectivity index (χ0) is 13.1. The number of ether oxygens (including phenoxy) is 1. The van der Waals surface area contributed by atoms with E-state index in [4.69, 9.17) is 4.74 Å². The van der Waals surface area contributed by atoms with Gasteiger partial charge < -0.3 is 4.74 Å². The molecule has 1 N–H and O–H groups in total. The molecule has 7 heteroatoms. The number of carbonyl (C=O) groups excluding carboxylic acids is 1. The summed E-state index contributed by atoms with van der Waals surface area (Å²) in [6, 6.07) is -0.198. The summed E-state index contributed by atoms with van der Waals surface area (Å²) < 4.78 is 4.87. The van der Waals surface area contributed by atoms with Crippen molar-refractivity contribution in [3.05, 3.63) is 5.82 Å². The second-order valence-electron chi connectivity index (χ2n) is 4.88. The Morgan fingerprint density at radius 2 is 2.33 bits per heavy atom. The highest BCUT2D eigenvalue weighted by Crippen LogP contribution is 2.33. The van der Waals surface area contributed by atoms with E-state index in [1.54, 1.807) is 0 Å². The summed E-state index contributed by atoms with van der Waals surface area (Å²) in [6.45, 7) is 5.04. The molecule has 0 bridgehead atoms. The molecule has 2 heterocycles. The zero-order valence-corrected chi connectivity index (χ0v) is 11.0. The highest BCUT2D eigenvalue weighted by molar-refractivity contribution is 5.76. The second-order valence-corrected chi connectivity index (χ2v) is 4.88. The number of nitrogens with one attached hydrogen (secondary N) is 1. The first-order valence-corrected chi connectivity index (χ1v) is 6.22. The summed E-state index contributed by atoms with van der Waals surface area (Å²) in [4.78, 5) is 13.9. The molecule has 0 radical (unpaired) electrons. The normalized spacial score (nSPS) is 22.3. The van der Waals surface area contributed by atoms with E-state index in [1.807, 2.05) is 0 Å². The van der Waals surface area contributed by atoms with Crippen LogP contribution in [0.4, 0.5) is 0 Å². The van der Waals surface area contributed by atoms with Crippen molar-refractivity contribution in [3.63, 3.8) is 0 Å². The second kappa shape index (κ2) is 5.43. The van der Waals surface area contributed by atoms with Crippen LogP contribution < -0.4 is 0 Å². The lowest BCUT2D eigenvalue weighted by atomic mass is 10.0. The fraction of sp³-hybridized carbons (Fsp3) is 0.818. The lowest BCUT2D eigenvalue weighted by molar-refractivity contribution is -0.147. The van der Waals surface area contributed by atoms with Crippen molar-refractivity contribution in [1.82, 2.24) is 25.5 Å². The number of hydrogen-bond donors (Lipinski definition) is 1. The van der Waals surface area contributed by atoms with E-state index in [0.29, 0.717) is 11.7 Å². The van der Waals surface area contributed by atoms with Crippen molar-refractivity contribution in [2.45, 2.75) is 38.8 Å². The fourth-order valence-corrected chi connectivity index (χ4v) is 2.64. The Hall–Kier alpha value is -1.50. The molecular formula is C11H19N5O2. The molecule has 1 fully saturated rings. The first kappa shape index (κ1) is 12.9. The molecule has 2 rings (SSSR count). The van der Waals surface area contributed by atoms with Gasteiger partial charge >= 0.3 is 5.97 Å². The maximum atomic E-state index is 11.8. The Balaban J connectivity index is 2.23. The molecule has 1 aromatic heterocycles. The molecule has 0 amide bonds. The Morgan fingerprint density at radius 3 is 2.89 bits per heavy atom. The number of methoxy groups -OCH3 is 1. The Labute approximate surface area is 106 Å². The SMILES string of the molecule is COC(=O)[C@@H]1CCCN1[C@H](c1nn[nH]n1)C(C)C. The number of carbonyl (C=O) groups is 1. The van der Waals surface area contributed by atoms with E-state index in [0.717, 1.165) is 19.4 Å². The van der Waals surface area contributed by atoms with Crippen molar-refractivity contribution >= 4 is 5.97 Å². The number of hydrogen-bond acceptors (Lipinski definition) is 6. The van der Waals surface area contributed by atoms with Crippen LogP contribution in [0, 0.1) is 5.92 Å². The first-order chi connectivity index (χ1) is 8.65. The molecule has 0 unspecified atom stereocenters. The predicted molar refractivity (Wildman–Crippen MR) is 63.5 cm³/mol. The first-order valence-electron chi connectivity index (χ1n) is 6.22. The van der Waals surface area contributed by atoms with Crippen LogP contribution in [0.1, 0.15) is 38.6 Å². The number of H-pyrrole nitrogens is 1. The van der Waals surface area contributed by atoms with Crippen LogP contribution in [0.2, 0.25) is 0 Å². The van der Waals surface area contributed by atoms with Crippen LogP contribution in [-0.4, -0.2) is 51.2 Å². The van der Waals surface area contributed by atoms with Crippen LogP contribution in [0.15, 0.2) is 0 Å². The van der Waals surface area contributed by atoms with Gasteiger partial charge in [-0.05, 0) is 25.3 Å². The van der Waals surface area contributed by atoms with Gasteiger partial charge in [0.25, 0.3) is 0 Å². The molecule has 0 aromatic carbocycles. The van der Waals surface area contributed by atoms with Gasteiger partial charge in [0, 0.05) is 0 Å². The summed E-state index contributed by atoms with van der Waals surface area (Å²) in [6.07, 6.45) is 1.81. The monoisotopic (exact) mass is 253 g/mol. The average Bonchev–Trinajstić information content (AvgIpc) is 2.99. The summed E-state index contributed by atoms with van der Waals surface area (Å²) in [5.74, 6) is 0.760. The predicted octanol–water partition coefficient (Wildman–Crippen LogP) is 0.534. The number of aromatic amines is 1. The van der Waals surface area contributed by atoms with Crippen LogP contribution in [-0.2, 0) is 9.53 Å². The minimum Gasteiger partial charge on any atom is -0.468 e. The van der Waals surface area contributed by atoms with E-state index >= 15 is 0 Å². The summed E-state index contributed by atoms with van der Waals surface area (Å²) in [7, 11) is 1.43. The standard InChI is InChI=1S/C11H19N5O2/c1-7(2)9(10-12-14-15-13-10)16-6-4-5-8(16)11(17)18-3/h7-9H,4-6H2,1-3H3,(H,12,13,14,15)/t8-,9-/m0/s1. The van der Waals surface area contributed by atoms with Crippen LogP contribution >= 0.6 is 0 Å². The van der Waals surface area contributed by atoms with Gasteiger partial charge in [-0.3, -0.25) is 9.69 Å². The van der Waals surface area contributed by atoms with Crippen molar-refractivity contribution in [1.29, 1.82) is 0 Å². The third-order valence-electron chi connectivity index (χ3n) is 3.38. The van der Waals surface area contributed by atoms with Gasteiger partial charge in [-0.1, -0.05) is 19.1 Å². The van der Waals surface area contributed by atoms with Crippen LogP contribution in [0.25, 0.3) is 0 Å². The molecule has 0 aliphatic carbocycles. The number of tetrazole rings is 1. The van der Waals surface area contributed by atoms with Crippen molar-refractivity contribution in [2.75, 3.05) is 13.7 Å². The van der Waals surface area contributed by atoms with Gasteiger partial charge in [0.2, 0.25) is 0 Å². The number of nitrogens with zero attached hydrogens (tertiary/aromatic N) is 4. The Morgan fingerprint density at radius 1 is 1.56 bits per heavy atom. The third kappa shape index (κ3) is 2.35. The molecule has 0 saturated carbocycles. The molecule has 2 atom stereocenters. The van der Waals surface area contributed by atoms with Gasteiger partial charge in [-0.2, -0.15) is 5.21 Å². The quantitative estimate of drug-likeness (QED) is 0.788. The molecule has 1 aliphatic rings. The molecule has 1 aliphatic heterocycles. The van der Waals surface area contributed by atoms with Crippen LogP contribution in [0.3, 0.4) is 0 Å². The lowest BCUT2D eigenvalue weighted by Gasteiger charge is -2.32. The minimum atomic E-state index is -0.194. The van der Waals surface area contributed by atoms with Gasteiger partial charge in [0.1, 0.15) is 6.04 Å².